The predicted molar refractivity (Wildman–Crippen MR) is 84.0 cm³/mol. The number of nitrogens with two attached hydrogens (primary N) is 1. The zero-order valence-electron chi connectivity index (χ0n) is 11.6. The highest BCUT2D eigenvalue weighted by Crippen LogP contribution is 2.24. The summed E-state index contributed by atoms with van der Waals surface area (Å²) in [6, 6.07) is 3.88. The number of hydrogen-bond acceptors (Lipinski definition) is 3. The van der Waals surface area contributed by atoms with E-state index in [2.05, 4.69) is 15.9 Å². The van der Waals surface area contributed by atoms with E-state index in [0.29, 0.717) is 11.0 Å². The molecule has 1 aromatic carbocycles. The topological polar surface area (TPSA) is 63.4 Å². The zero-order chi connectivity index (χ0) is 14.8. The standard InChI is InChI=1S/C12H18BrFN2O2S.ClH/c1-12(2,7-15)8-16(3)19(17,18)11-5-4-9(13)6-10(11)14;/h4-6H,7-8,15H2,1-3H3;1H. The minimum Gasteiger partial charge on any atom is -0.330 e. The molecule has 0 unspecified atom stereocenters. The van der Waals surface area contributed by atoms with Crippen molar-refractivity contribution in [3.63, 3.8) is 0 Å². The monoisotopic (exact) mass is 388 g/mol. The molecule has 0 aliphatic heterocycles. The highest BCUT2D eigenvalue weighted by molar-refractivity contribution is 9.10. The lowest BCUT2D eigenvalue weighted by molar-refractivity contribution is 0.291. The third-order valence-corrected chi connectivity index (χ3v) is 5.12. The number of halogens is 3. The maximum Gasteiger partial charge on any atom is 0.245 e. The normalized spacial score (nSPS) is 12.3. The van der Waals surface area contributed by atoms with Crippen LogP contribution in [-0.2, 0) is 10.0 Å². The molecule has 0 amide bonds. The molecule has 0 heterocycles. The summed E-state index contributed by atoms with van der Waals surface area (Å²) in [4.78, 5) is -0.328. The van der Waals surface area contributed by atoms with E-state index < -0.39 is 15.8 Å². The number of benzene rings is 1. The molecule has 0 saturated heterocycles. The van der Waals surface area contributed by atoms with Crippen LogP contribution in [0.25, 0.3) is 0 Å². The first-order valence-electron chi connectivity index (χ1n) is 5.71. The molecule has 0 atom stereocenters. The van der Waals surface area contributed by atoms with Crippen molar-refractivity contribution in [2.24, 2.45) is 11.1 Å². The fourth-order valence-electron chi connectivity index (χ4n) is 1.60. The first kappa shape index (κ1) is 19.8. The molecule has 0 aromatic heterocycles. The second-order valence-electron chi connectivity index (χ2n) is 5.20. The van der Waals surface area contributed by atoms with Gasteiger partial charge < -0.3 is 5.73 Å². The molecular formula is C12H19BrClFN2O2S. The van der Waals surface area contributed by atoms with Crippen molar-refractivity contribution in [2.45, 2.75) is 18.7 Å². The Bertz CT molecular complexity index is 567. The zero-order valence-corrected chi connectivity index (χ0v) is 14.8. The van der Waals surface area contributed by atoms with E-state index in [1.165, 1.54) is 19.2 Å². The van der Waals surface area contributed by atoms with Gasteiger partial charge in [0.1, 0.15) is 10.7 Å². The molecule has 0 aliphatic rings. The summed E-state index contributed by atoms with van der Waals surface area (Å²) in [6.45, 7) is 4.28. The number of nitrogens with zero attached hydrogens (tertiary/aromatic N) is 1. The minimum absolute atomic E-state index is 0. The van der Waals surface area contributed by atoms with E-state index in [1.807, 2.05) is 13.8 Å². The average molecular weight is 390 g/mol. The van der Waals surface area contributed by atoms with Gasteiger partial charge in [-0.3, -0.25) is 0 Å². The molecular weight excluding hydrogens is 371 g/mol. The highest BCUT2D eigenvalue weighted by atomic mass is 79.9. The van der Waals surface area contributed by atoms with Gasteiger partial charge in [0.2, 0.25) is 10.0 Å². The summed E-state index contributed by atoms with van der Waals surface area (Å²) in [5.41, 5.74) is 5.22. The third-order valence-electron chi connectivity index (χ3n) is 2.79. The van der Waals surface area contributed by atoms with Gasteiger partial charge in [-0.05, 0) is 30.2 Å². The van der Waals surface area contributed by atoms with Crippen molar-refractivity contribution >= 4 is 38.4 Å². The third kappa shape index (κ3) is 4.66. The summed E-state index contributed by atoms with van der Waals surface area (Å²) in [5, 5.41) is 0. The Morgan fingerprint density at radius 2 is 1.95 bits per heavy atom. The van der Waals surface area contributed by atoms with E-state index in [1.54, 1.807) is 0 Å². The van der Waals surface area contributed by atoms with E-state index in [-0.39, 0.29) is 29.3 Å². The Morgan fingerprint density at radius 3 is 2.40 bits per heavy atom. The van der Waals surface area contributed by atoms with Gasteiger partial charge in [0.05, 0.1) is 0 Å². The fourth-order valence-corrected chi connectivity index (χ4v) is 3.34. The predicted octanol–water partition coefficient (Wildman–Crippen LogP) is 2.62. The highest BCUT2D eigenvalue weighted by Gasteiger charge is 2.29. The smallest absolute Gasteiger partial charge is 0.245 e. The van der Waals surface area contributed by atoms with Crippen LogP contribution in [-0.4, -0.2) is 32.9 Å². The largest absolute Gasteiger partial charge is 0.330 e. The van der Waals surface area contributed by atoms with Crippen LogP contribution in [0.15, 0.2) is 27.6 Å². The maximum absolute atomic E-state index is 13.8. The van der Waals surface area contributed by atoms with E-state index in [4.69, 9.17) is 5.73 Å². The van der Waals surface area contributed by atoms with Gasteiger partial charge in [-0.1, -0.05) is 29.8 Å². The Morgan fingerprint density at radius 1 is 1.40 bits per heavy atom. The Labute approximate surface area is 134 Å². The molecule has 8 heteroatoms. The van der Waals surface area contributed by atoms with Crippen molar-refractivity contribution in [3.8, 4) is 0 Å². The van der Waals surface area contributed by atoms with E-state index in [9.17, 15) is 12.8 Å². The second kappa shape index (κ2) is 7.17. The number of hydrogen-bond donors (Lipinski definition) is 1. The van der Waals surface area contributed by atoms with Crippen molar-refractivity contribution < 1.29 is 12.8 Å². The van der Waals surface area contributed by atoms with Gasteiger partial charge in [0.25, 0.3) is 0 Å². The second-order valence-corrected chi connectivity index (χ2v) is 8.13. The van der Waals surface area contributed by atoms with Gasteiger partial charge in [0, 0.05) is 18.1 Å². The van der Waals surface area contributed by atoms with Crippen LogP contribution < -0.4 is 5.73 Å². The first-order chi connectivity index (χ1) is 8.60. The molecule has 0 saturated carbocycles. The molecule has 2 N–H and O–H groups in total. The Hall–Kier alpha value is -0.210. The lowest BCUT2D eigenvalue weighted by atomic mass is 9.94. The molecule has 0 bridgehead atoms. The van der Waals surface area contributed by atoms with Crippen LogP contribution in [0.5, 0.6) is 0 Å². The minimum atomic E-state index is -3.85. The molecule has 0 spiro atoms. The lowest BCUT2D eigenvalue weighted by Gasteiger charge is -2.28. The summed E-state index contributed by atoms with van der Waals surface area (Å²) >= 11 is 3.10. The van der Waals surface area contributed by atoms with Crippen LogP contribution in [0.2, 0.25) is 0 Å². The molecule has 4 nitrogen and oxygen atoms in total. The molecule has 1 rings (SSSR count). The molecule has 1 aromatic rings. The van der Waals surface area contributed by atoms with Gasteiger partial charge in [-0.15, -0.1) is 12.4 Å². The molecule has 0 fully saturated rings. The van der Waals surface area contributed by atoms with E-state index >= 15 is 0 Å². The van der Waals surface area contributed by atoms with Crippen molar-refractivity contribution in [3.05, 3.63) is 28.5 Å². The van der Waals surface area contributed by atoms with Crippen LogP contribution in [0.3, 0.4) is 0 Å². The first-order valence-corrected chi connectivity index (χ1v) is 7.95. The maximum atomic E-state index is 13.8. The van der Waals surface area contributed by atoms with Crippen LogP contribution in [0.4, 0.5) is 4.39 Å². The van der Waals surface area contributed by atoms with Crippen LogP contribution >= 0.6 is 28.3 Å². The quantitative estimate of drug-likeness (QED) is 0.842. The summed E-state index contributed by atoms with van der Waals surface area (Å²) in [6.07, 6.45) is 0. The van der Waals surface area contributed by atoms with Crippen LogP contribution in [0, 0.1) is 11.2 Å². The Balaban J connectivity index is 0.00000361. The van der Waals surface area contributed by atoms with E-state index in [0.717, 1.165) is 10.4 Å². The van der Waals surface area contributed by atoms with Gasteiger partial charge in [-0.2, -0.15) is 0 Å². The van der Waals surface area contributed by atoms with Gasteiger partial charge in [0.15, 0.2) is 0 Å². The average Bonchev–Trinajstić information content (AvgIpc) is 2.27. The number of rotatable bonds is 5. The molecule has 20 heavy (non-hydrogen) atoms. The van der Waals surface area contributed by atoms with Crippen LogP contribution in [0.1, 0.15) is 13.8 Å². The van der Waals surface area contributed by atoms with Gasteiger partial charge >= 0.3 is 0 Å². The van der Waals surface area contributed by atoms with Crippen molar-refractivity contribution in [1.29, 1.82) is 0 Å². The molecule has 116 valence electrons. The fraction of sp³-hybridized carbons (Fsp3) is 0.500. The van der Waals surface area contributed by atoms with Crippen molar-refractivity contribution in [2.75, 3.05) is 20.1 Å². The summed E-state index contributed by atoms with van der Waals surface area (Å²) < 4.78 is 40.0. The summed E-state index contributed by atoms with van der Waals surface area (Å²) in [7, 11) is -2.42. The van der Waals surface area contributed by atoms with Crippen molar-refractivity contribution in [1.82, 2.24) is 4.31 Å². The Kier molecular flexibility index (Phi) is 7.10. The lowest BCUT2D eigenvalue weighted by Crippen LogP contribution is -2.39. The molecule has 0 radical (unpaired) electrons. The van der Waals surface area contributed by atoms with Gasteiger partial charge in [-0.25, -0.2) is 17.1 Å². The molecule has 0 aliphatic carbocycles. The summed E-state index contributed by atoms with van der Waals surface area (Å²) in [5.74, 6) is -0.772. The number of sulfonamides is 1. The SMILES string of the molecule is CN(CC(C)(C)CN)S(=O)(=O)c1ccc(Br)cc1F.Cl.